The summed E-state index contributed by atoms with van der Waals surface area (Å²) in [6.45, 7) is 0.633. The first kappa shape index (κ1) is 12.5. The summed E-state index contributed by atoms with van der Waals surface area (Å²) in [5.41, 5.74) is 1.68. The molecule has 0 radical (unpaired) electrons. The number of nitrogens with zero attached hydrogens (tertiary/aromatic N) is 3. The van der Waals surface area contributed by atoms with Gasteiger partial charge >= 0.3 is 0 Å². The van der Waals surface area contributed by atoms with Crippen molar-refractivity contribution in [3.63, 3.8) is 0 Å². The van der Waals surface area contributed by atoms with Gasteiger partial charge in [-0.2, -0.15) is 10.3 Å². The average Bonchev–Trinajstić information content (AvgIpc) is 2.83. The summed E-state index contributed by atoms with van der Waals surface area (Å²) in [5, 5.41) is 22.1. The van der Waals surface area contributed by atoms with Crippen molar-refractivity contribution in [2.75, 3.05) is 12.3 Å². The van der Waals surface area contributed by atoms with E-state index in [-0.39, 0.29) is 11.3 Å². The lowest BCUT2D eigenvalue weighted by Crippen LogP contribution is -2.51. The van der Waals surface area contributed by atoms with Crippen LogP contribution in [0.5, 0.6) is 0 Å². The zero-order valence-corrected chi connectivity index (χ0v) is 11.0. The van der Waals surface area contributed by atoms with Crippen molar-refractivity contribution in [1.82, 2.24) is 10.0 Å². The van der Waals surface area contributed by atoms with Crippen LogP contribution in [-0.2, 0) is 4.79 Å². The van der Waals surface area contributed by atoms with E-state index < -0.39 is 6.23 Å². The van der Waals surface area contributed by atoms with Gasteiger partial charge in [-0.25, -0.2) is 5.01 Å². The highest BCUT2D eigenvalue weighted by atomic mass is 32.2. The topological polar surface area (TPSA) is 67.6 Å². The van der Waals surface area contributed by atoms with Crippen LogP contribution in [0, 0.1) is 11.3 Å². The highest BCUT2D eigenvalue weighted by molar-refractivity contribution is 7.99. The summed E-state index contributed by atoms with van der Waals surface area (Å²) >= 11 is 1.62. The van der Waals surface area contributed by atoms with Gasteiger partial charge in [0, 0.05) is 18.7 Å². The van der Waals surface area contributed by atoms with E-state index in [2.05, 4.69) is 6.07 Å². The molecule has 2 aliphatic heterocycles. The van der Waals surface area contributed by atoms with Crippen LogP contribution >= 0.6 is 11.8 Å². The normalized spacial score (nSPS) is 27.2. The van der Waals surface area contributed by atoms with Gasteiger partial charge in [-0.1, -0.05) is 12.1 Å². The van der Waals surface area contributed by atoms with Gasteiger partial charge in [0.2, 0.25) is 5.91 Å². The fourth-order valence-electron chi connectivity index (χ4n) is 2.47. The molecular weight excluding hydrogens is 262 g/mol. The molecule has 1 N–H and O–H groups in total. The Morgan fingerprint density at radius 3 is 2.79 bits per heavy atom. The minimum Gasteiger partial charge on any atom is -0.371 e. The van der Waals surface area contributed by atoms with E-state index in [1.165, 1.54) is 5.01 Å². The Morgan fingerprint density at radius 1 is 1.37 bits per heavy atom. The lowest BCUT2D eigenvalue weighted by molar-refractivity contribution is -0.161. The Hall–Kier alpha value is -1.55. The monoisotopic (exact) mass is 275 g/mol. The number of thioether (sulfide) groups is 1. The lowest BCUT2D eigenvalue weighted by atomic mass is 10.1. The molecule has 2 aliphatic rings. The van der Waals surface area contributed by atoms with Crippen molar-refractivity contribution >= 4 is 17.7 Å². The number of carbonyl (C=O) groups excluding carboxylic acids is 1. The zero-order valence-electron chi connectivity index (χ0n) is 10.2. The van der Waals surface area contributed by atoms with Gasteiger partial charge in [0.25, 0.3) is 0 Å². The molecule has 19 heavy (non-hydrogen) atoms. The third-order valence-corrected chi connectivity index (χ3v) is 4.69. The number of rotatable bonds is 1. The molecule has 0 aliphatic carbocycles. The minimum atomic E-state index is -0.727. The molecule has 1 aromatic rings. The van der Waals surface area contributed by atoms with Gasteiger partial charge in [0.15, 0.2) is 6.23 Å². The van der Waals surface area contributed by atoms with Crippen molar-refractivity contribution in [3.8, 4) is 6.07 Å². The molecule has 2 atom stereocenters. The molecule has 0 unspecified atom stereocenters. The number of hydrogen-bond donors (Lipinski definition) is 1. The molecule has 0 saturated carbocycles. The van der Waals surface area contributed by atoms with Crippen molar-refractivity contribution in [3.05, 3.63) is 35.4 Å². The molecule has 2 saturated heterocycles. The Balaban J connectivity index is 1.88. The maximum absolute atomic E-state index is 11.8. The van der Waals surface area contributed by atoms with Gasteiger partial charge in [0.05, 0.1) is 17.0 Å². The second-order valence-electron chi connectivity index (χ2n) is 4.55. The number of carbonyl (C=O) groups is 1. The number of nitriles is 1. The summed E-state index contributed by atoms with van der Waals surface area (Å²) in [7, 11) is 0. The number of benzene rings is 1. The molecular formula is C13H13N3O2S. The van der Waals surface area contributed by atoms with Gasteiger partial charge in [0.1, 0.15) is 0 Å². The standard InChI is InChI=1S/C13H13N3O2S/c14-7-9-1-3-10(4-2-9)13-15-6-5-11(17)16(15)12(18)8-19-13/h1-4,12-13,18H,5-6,8H2/t12-,13-/m0/s1. The van der Waals surface area contributed by atoms with Crippen LogP contribution in [0.3, 0.4) is 0 Å². The quantitative estimate of drug-likeness (QED) is 0.830. The molecule has 1 amide bonds. The predicted octanol–water partition coefficient (Wildman–Crippen LogP) is 1.07. The third-order valence-electron chi connectivity index (χ3n) is 3.37. The first-order valence-electron chi connectivity index (χ1n) is 6.09. The van der Waals surface area contributed by atoms with Crippen molar-refractivity contribution in [1.29, 1.82) is 5.26 Å². The molecule has 0 bridgehead atoms. The maximum atomic E-state index is 11.8. The first-order valence-corrected chi connectivity index (χ1v) is 7.14. The molecule has 0 aromatic heterocycles. The Morgan fingerprint density at radius 2 is 2.11 bits per heavy atom. The Bertz CT molecular complexity index is 540. The highest BCUT2D eigenvalue weighted by Crippen LogP contribution is 2.41. The van der Waals surface area contributed by atoms with E-state index >= 15 is 0 Å². The van der Waals surface area contributed by atoms with Crippen LogP contribution in [0.4, 0.5) is 0 Å². The SMILES string of the molecule is N#Cc1ccc([C@@H]2SC[C@H](O)N3C(=O)CCN23)cc1. The van der Waals surface area contributed by atoms with Crippen LogP contribution in [0.15, 0.2) is 24.3 Å². The van der Waals surface area contributed by atoms with Crippen molar-refractivity contribution in [2.24, 2.45) is 0 Å². The minimum absolute atomic E-state index is 0.0218. The average molecular weight is 275 g/mol. The number of hydrazine groups is 1. The molecule has 0 spiro atoms. The van der Waals surface area contributed by atoms with E-state index in [0.29, 0.717) is 24.3 Å². The van der Waals surface area contributed by atoms with Gasteiger partial charge in [-0.3, -0.25) is 4.79 Å². The molecule has 3 rings (SSSR count). The van der Waals surface area contributed by atoms with Crippen LogP contribution in [0.1, 0.15) is 22.9 Å². The number of fused-ring (bicyclic) bond motifs is 1. The maximum Gasteiger partial charge on any atom is 0.240 e. The van der Waals surface area contributed by atoms with E-state index in [1.807, 2.05) is 17.1 Å². The Labute approximate surface area is 115 Å². The molecule has 98 valence electrons. The number of amides is 1. The largest absolute Gasteiger partial charge is 0.371 e. The summed E-state index contributed by atoms with van der Waals surface area (Å²) in [5.74, 6) is 0.485. The molecule has 5 nitrogen and oxygen atoms in total. The van der Waals surface area contributed by atoms with Crippen LogP contribution in [0.2, 0.25) is 0 Å². The molecule has 6 heteroatoms. The van der Waals surface area contributed by atoms with Gasteiger partial charge in [-0.05, 0) is 17.7 Å². The molecule has 2 fully saturated rings. The number of aliphatic hydroxyl groups excluding tert-OH is 1. The molecule has 2 heterocycles. The van der Waals surface area contributed by atoms with Crippen molar-refractivity contribution < 1.29 is 9.90 Å². The summed E-state index contributed by atoms with van der Waals surface area (Å²) in [4.78, 5) is 11.8. The zero-order chi connectivity index (χ0) is 13.4. The van der Waals surface area contributed by atoms with Gasteiger partial charge < -0.3 is 5.11 Å². The smallest absolute Gasteiger partial charge is 0.240 e. The first-order chi connectivity index (χ1) is 9.20. The summed E-state index contributed by atoms with van der Waals surface area (Å²) < 4.78 is 0. The van der Waals surface area contributed by atoms with E-state index in [0.717, 1.165) is 5.56 Å². The molecule has 1 aromatic carbocycles. The second-order valence-corrected chi connectivity index (χ2v) is 5.66. The fourth-order valence-corrected chi connectivity index (χ4v) is 3.69. The summed E-state index contributed by atoms with van der Waals surface area (Å²) in [6, 6.07) is 9.48. The Kier molecular flexibility index (Phi) is 3.19. The highest BCUT2D eigenvalue weighted by Gasteiger charge is 2.42. The predicted molar refractivity (Wildman–Crippen MR) is 70.5 cm³/mol. The fraction of sp³-hybridized carbons (Fsp3) is 0.385. The van der Waals surface area contributed by atoms with E-state index in [1.54, 1.807) is 23.9 Å². The summed E-state index contributed by atoms with van der Waals surface area (Å²) in [6.07, 6.45) is -0.278. The van der Waals surface area contributed by atoms with E-state index in [9.17, 15) is 9.90 Å². The van der Waals surface area contributed by atoms with Crippen LogP contribution in [0.25, 0.3) is 0 Å². The third kappa shape index (κ3) is 2.10. The number of aliphatic hydroxyl groups is 1. The lowest BCUT2D eigenvalue weighted by Gasteiger charge is -2.42. The second kappa shape index (κ2) is 4.85. The van der Waals surface area contributed by atoms with Crippen LogP contribution < -0.4 is 0 Å². The van der Waals surface area contributed by atoms with E-state index in [4.69, 9.17) is 5.26 Å². The van der Waals surface area contributed by atoms with Gasteiger partial charge in [-0.15, -0.1) is 11.8 Å². The van der Waals surface area contributed by atoms with Crippen molar-refractivity contribution in [2.45, 2.75) is 18.0 Å². The number of hydrogen-bond acceptors (Lipinski definition) is 5. The van der Waals surface area contributed by atoms with Crippen LogP contribution in [-0.4, -0.2) is 39.6 Å².